The molecule has 0 fully saturated rings. The first-order chi connectivity index (χ1) is 10.2. The number of carbonyl (C=O) groups excluding carboxylic acids is 1. The Balaban J connectivity index is 1.98. The summed E-state index contributed by atoms with van der Waals surface area (Å²) in [5, 5.41) is 18.8. The van der Waals surface area contributed by atoms with E-state index < -0.39 is 0 Å². The second kappa shape index (κ2) is 7.78. The molecule has 2 aromatic rings. The number of hydrogen-bond acceptors (Lipinski definition) is 4. The molecule has 7 heteroatoms. The third-order valence-corrected chi connectivity index (χ3v) is 3.20. The lowest BCUT2D eigenvalue weighted by atomic mass is 10.3. The van der Waals surface area contributed by atoms with E-state index in [1.165, 1.54) is 10.9 Å². The molecule has 3 N–H and O–H groups in total. The van der Waals surface area contributed by atoms with Crippen molar-refractivity contribution in [3.63, 3.8) is 0 Å². The highest BCUT2D eigenvalue weighted by Crippen LogP contribution is 2.19. The molecule has 0 saturated heterocycles. The van der Waals surface area contributed by atoms with Gasteiger partial charge >= 0.3 is 0 Å². The van der Waals surface area contributed by atoms with Crippen molar-refractivity contribution in [3.05, 3.63) is 47.2 Å². The van der Waals surface area contributed by atoms with Gasteiger partial charge in [-0.2, -0.15) is 5.10 Å². The van der Waals surface area contributed by atoms with Gasteiger partial charge in [0.25, 0.3) is 5.91 Å². The Hall–Kier alpha value is -1.89. The molecule has 0 atom stereocenters. The van der Waals surface area contributed by atoms with Crippen LogP contribution in [0.5, 0.6) is 0 Å². The Morgan fingerprint density at radius 2 is 2.00 bits per heavy atom. The number of rotatable bonds is 7. The van der Waals surface area contributed by atoms with Crippen molar-refractivity contribution in [3.8, 4) is 5.69 Å². The van der Waals surface area contributed by atoms with Crippen LogP contribution in [-0.4, -0.2) is 47.0 Å². The monoisotopic (exact) mass is 308 g/mol. The summed E-state index contributed by atoms with van der Waals surface area (Å²) in [7, 11) is 0. The quantitative estimate of drug-likeness (QED) is 0.662. The van der Waals surface area contributed by atoms with Crippen LogP contribution in [-0.2, 0) is 0 Å². The summed E-state index contributed by atoms with van der Waals surface area (Å²) < 4.78 is 1.51. The molecule has 112 valence electrons. The molecule has 6 nitrogen and oxygen atoms in total. The summed E-state index contributed by atoms with van der Waals surface area (Å²) in [5.74, 6) is -0.270. The van der Waals surface area contributed by atoms with Gasteiger partial charge < -0.3 is 15.7 Å². The molecule has 1 heterocycles. The number of benzene rings is 1. The largest absolute Gasteiger partial charge is 0.395 e. The second-order valence-corrected chi connectivity index (χ2v) is 4.68. The van der Waals surface area contributed by atoms with Crippen molar-refractivity contribution in [1.82, 2.24) is 20.4 Å². The molecular weight excluding hydrogens is 292 g/mol. The zero-order valence-electron chi connectivity index (χ0n) is 11.4. The molecule has 0 bridgehead atoms. The average Bonchev–Trinajstić information content (AvgIpc) is 2.89. The summed E-state index contributed by atoms with van der Waals surface area (Å²) in [4.78, 5) is 12.0. The number of aliphatic hydroxyl groups excluding tert-OH is 1. The number of aromatic nitrogens is 2. The van der Waals surface area contributed by atoms with Crippen LogP contribution in [0, 0.1) is 0 Å². The second-order valence-electron chi connectivity index (χ2n) is 4.33. The number of halogens is 1. The molecule has 1 aromatic carbocycles. The minimum absolute atomic E-state index is 0.0730. The van der Waals surface area contributed by atoms with E-state index >= 15 is 0 Å². The van der Waals surface area contributed by atoms with Gasteiger partial charge in [-0.15, -0.1) is 0 Å². The molecule has 21 heavy (non-hydrogen) atoms. The predicted molar refractivity (Wildman–Crippen MR) is 80.9 cm³/mol. The number of para-hydroxylation sites is 1. The molecular formula is C14H17ClN4O2. The average molecular weight is 309 g/mol. The molecule has 0 saturated carbocycles. The van der Waals surface area contributed by atoms with Crippen LogP contribution in [0.15, 0.2) is 36.5 Å². The Bertz CT molecular complexity index is 586. The van der Waals surface area contributed by atoms with E-state index in [1.807, 2.05) is 30.3 Å². The van der Waals surface area contributed by atoms with Crippen LogP contribution < -0.4 is 10.6 Å². The number of hydrogen-bond donors (Lipinski definition) is 3. The fourth-order valence-corrected chi connectivity index (χ4v) is 2.07. The Labute approximate surface area is 127 Å². The van der Waals surface area contributed by atoms with Crippen LogP contribution in [0.25, 0.3) is 5.69 Å². The van der Waals surface area contributed by atoms with Crippen molar-refractivity contribution in [2.24, 2.45) is 0 Å². The third-order valence-electron chi connectivity index (χ3n) is 2.83. The summed E-state index contributed by atoms with van der Waals surface area (Å²) >= 11 is 6.21. The predicted octanol–water partition coefficient (Wildman–Crippen LogP) is 0.837. The van der Waals surface area contributed by atoms with E-state index in [4.69, 9.17) is 16.7 Å². The fraction of sp³-hybridized carbons (Fsp3) is 0.286. The highest BCUT2D eigenvalue weighted by molar-refractivity contribution is 6.33. The number of nitrogens with zero attached hydrogens (tertiary/aromatic N) is 2. The maximum Gasteiger partial charge on any atom is 0.256 e. The van der Waals surface area contributed by atoms with Gasteiger partial charge in [0.15, 0.2) is 0 Å². The van der Waals surface area contributed by atoms with Crippen LogP contribution in [0.4, 0.5) is 0 Å². The van der Waals surface area contributed by atoms with Crippen molar-refractivity contribution >= 4 is 17.5 Å². The highest BCUT2D eigenvalue weighted by Gasteiger charge is 2.16. The van der Waals surface area contributed by atoms with E-state index in [1.54, 1.807) is 0 Å². The minimum Gasteiger partial charge on any atom is -0.395 e. The fourth-order valence-electron chi connectivity index (χ4n) is 1.80. The van der Waals surface area contributed by atoms with E-state index in [0.717, 1.165) is 5.69 Å². The van der Waals surface area contributed by atoms with Gasteiger partial charge in [-0.1, -0.05) is 29.8 Å². The highest BCUT2D eigenvalue weighted by atomic mass is 35.5. The Kier molecular flexibility index (Phi) is 5.74. The van der Waals surface area contributed by atoms with Gasteiger partial charge in [0.05, 0.1) is 24.1 Å². The van der Waals surface area contributed by atoms with Crippen LogP contribution in [0.1, 0.15) is 10.4 Å². The van der Waals surface area contributed by atoms with Gasteiger partial charge in [0.2, 0.25) is 0 Å². The van der Waals surface area contributed by atoms with Crippen molar-refractivity contribution in [1.29, 1.82) is 0 Å². The summed E-state index contributed by atoms with van der Waals surface area (Å²) in [6.45, 7) is 1.61. The number of carbonyl (C=O) groups is 1. The number of aliphatic hydroxyl groups is 1. The van der Waals surface area contributed by atoms with Crippen molar-refractivity contribution < 1.29 is 9.90 Å². The van der Waals surface area contributed by atoms with Crippen LogP contribution in [0.2, 0.25) is 5.15 Å². The lowest BCUT2D eigenvalue weighted by molar-refractivity contribution is 0.0954. The Morgan fingerprint density at radius 1 is 1.24 bits per heavy atom. The first kappa shape index (κ1) is 15.5. The van der Waals surface area contributed by atoms with E-state index in [9.17, 15) is 4.79 Å². The SMILES string of the molecule is O=C(NCCNCCO)c1cnn(-c2ccccc2)c1Cl. The molecule has 0 unspecified atom stereocenters. The normalized spacial score (nSPS) is 10.6. The molecule has 0 spiro atoms. The molecule has 1 amide bonds. The third kappa shape index (κ3) is 4.04. The lowest BCUT2D eigenvalue weighted by Crippen LogP contribution is -2.32. The van der Waals surface area contributed by atoms with E-state index in [2.05, 4.69) is 15.7 Å². The summed E-state index contributed by atoms with van der Waals surface area (Å²) in [6.07, 6.45) is 1.45. The van der Waals surface area contributed by atoms with Gasteiger partial charge in [-0.3, -0.25) is 4.79 Å². The Morgan fingerprint density at radius 3 is 2.71 bits per heavy atom. The molecule has 0 radical (unpaired) electrons. The van der Waals surface area contributed by atoms with Gasteiger partial charge in [-0.05, 0) is 12.1 Å². The standard InChI is InChI=1S/C14H17ClN4O2/c15-13-12(14(21)17-7-6-16-8-9-20)10-18-19(13)11-4-2-1-3-5-11/h1-5,10,16,20H,6-9H2,(H,17,21). The van der Waals surface area contributed by atoms with Gasteiger partial charge in [0.1, 0.15) is 5.15 Å². The zero-order valence-corrected chi connectivity index (χ0v) is 12.2. The molecule has 1 aromatic heterocycles. The first-order valence-electron chi connectivity index (χ1n) is 6.62. The molecule has 0 aliphatic carbocycles. The minimum atomic E-state index is -0.270. The first-order valence-corrected chi connectivity index (χ1v) is 7.00. The van der Waals surface area contributed by atoms with Gasteiger partial charge in [0, 0.05) is 19.6 Å². The van der Waals surface area contributed by atoms with Crippen molar-refractivity contribution in [2.75, 3.05) is 26.2 Å². The molecule has 0 aliphatic heterocycles. The summed E-state index contributed by atoms with van der Waals surface area (Å²) in [5.41, 5.74) is 1.13. The topological polar surface area (TPSA) is 79.2 Å². The zero-order chi connectivity index (χ0) is 15.1. The van der Waals surface area contributed by atoms with Crippen LogP contribution >= 0.6 is 11.6 Å². The van der Waals surface area contributed by atoms with Crippen LogP contribution in [0.3, 0.4) is 0 Å². The lowest BCUT2D eigenvalue weighted by Gasteiger charge is -2.06. The number of nitrogens with one attached hydrogen (secondary N) is 2. The summed E-state index contributed by atoms with van der Waals surface area (Å²) in [6, 6.07) is 9.37. The smallest absolute Gasteiger partial charge is 0.256 e. The molecule has 0 aliphatic rings. The van der Waals surface area contributed by atoms with E-state index in [-0.39, 0.29) is 17.7 Å². The van der Waals surface area contributed by atoms with Crippen molar-refractivity contribution in [2.45, 2.75) is 0 Å². The van der Waals surface area contributed by atoms with Gasteiger partial charge in [-0.25, -0.2) is 4.68 Å². The maximum absolute atomic E-state index is 12.0. The number of amides is 1. The van der Waals surface area contributed by atoms with E-state index in [0.29, 0.717) is 25.2 Å². The maximum atomic E-state index is 12.0. The molecule has 2 rings (SSSR count).